The highest BCUT2D eigenvalue weighted by atomic mass is 15.0. The zero-order valence-corrected chi connectivity index (χ0v) is 10.8. The lowest BCUT2D eigenvalue weighted by Gasteiger charge is -2.37. The van der Waals surface area contributed by atoms with Gasteiger partial charge in [0.2, 0.25) is 0 Å². The quantitative estimate of drug-likeness (QED) is 0.760. The van der Waals surface area contributed by atoms with Crippen LogP contribution in [0.4, 0.5) is 0 Å². The van der Waals surface area contributed by atoms with Crippen molar-refractivity contribution in [1.29, 1.82) is 0 Å². The molecular weight excluding hydrogens is 206 g/mol. The first-order valence-electron chi connectivity index (χ1n) is 7.17. The van der Waals surface area contributed by atoms with Crippen LogP contribution in [0.1, 0.15) is 56.2 Å². The van der Waals surface area contributed by atoms with Crippen molar-refractivity contribution in [3.05, 3.63) is 35.4 Å². The lowest BCUT2D eigenvalue weighted by molar-refractivity contribution is 0.218. The van der Waals surface area contributed by atoms with E-state index in [1.165, 1.54) is 38.5 Å². The van der Waals surface area contributed by atoms with E-state index in [1.54, 1.807) is 11.1 Å². The minimum absolute atomic E-state index is 0.617. The standard InChI is InChI=1S/C16H23N/c1-12-10-14(11-12)17-16-9-5-3-7-13-6-2-4-8-15(13)16/h2,4,6,8,12,14,16-17H,3,5,7,9-11H2,1H3. The molecule has 2 aliphatic rings. The van der Waals surface area contributed by atoms with Crippen LogP contribution in [0.5, 0.6) is 0 Å². The number of fused-ring (bicyclic) bond motifs is 1. The predicted octanol–water partition coefficient (Wildman–Crippen LogP) is 3.84. The van der Waals surface area contributed by atoms with Crippen LogP contribution in [0, 0.1) is 5.92 Å². The maximum absolute atomic E-state index is 3.88. The number of benzene rings is 1. The third kappa shape index (κ3) is 2.40. The Labute approximate surface area is 105 Å². The van der Waals surface area contributed by atoms with Gasteiger partial charge in [0.15, 0.2) is 0 Å². The van der Waals surface area contributed by atoms with Crippen LogP contribution >= 0.6 is 0 Å². The number of nitrogens with one attached hydrogen (secondary N) is 1. The molecule has 1 heteroatoms. The first kappa shape index (κ1) is 11.3. The molecule has 0 amide bonds. The van der Waals surface area contributed by atoms with Crippen molar-refractivity contribution in [1.82, 2.24) is 5.32 Å². The monoisotopic (exact) mass is 229 g/mol. The Morgan fingerprint density at radius 3 is 2.76 bits per heavy atom. The summed E-state index contributed by atoms with van der Waals surface area (Å²) >= 11 is 0. The maximum atomic E-state index is 3.88. The van der Waals surface area contributed by atoms with Gasteiger partial charge in [-0.25, -0.2) is 0 Å². The van der Waals surface area contributed by atoms with E-state index in [0.717, 1.165) is 12.0 Å². The van der Waals surface area contributed by atoms with Crippen LogP contribution in [0.25, 0.3) is 0 Å². The molecule has 1 aromatic carbocycles. The van der Waals surface area contributed by atoms with E-state index in [9.17, 15) is 0 Å². The summed E-state index contributed by atoms with van der Waals surface area (Å²) in [4.78, 5) is 0. The molecule has 1 unspecified atom stereocenters. The van der Waals surface area contributed by atoms with Gasteiger partial charge in [0, 0.05) is 12.1 Å². The minimum Gasteiger partial charge on any atom is -0.307 e. The first-order chi connectivity index (χ1) is 8.33. The molecule has 0 spiro atoms. The average molecular weight is 229 g/mol. The summed E-state index contributed by atoms with van der Waals surface area (Å²) in [6.45, 7) is 2.36. The molecule has 0 radical (unpaired) electrons. The Bertz CT molecular complexity index is 379. The van der Waals surface area contributed by atoms with Gasteiger partial charge in [-0.05, 0) is 49.1 Å². The van der Waals surface area contributed by atoms with Gasteiger partial charge in [-0.1, -0.05) is 37.6 Å². The van der Waals surface area contributed by atoms with Crippen molar-refractivity contribution in [2.24, 2.45) is 5.92 Å². The fourth-order valence-electron chi connectivity index (χ4n) is 3.42. The molecule has 3 rings (SSSR count). The van der Waals surface area contributed by atoms with E-state index in [2.05, 4.69) is 36.5 Å². The lowest BCUT2D eigenvalue weighted by atomic mass is 9.81. The third-order valence-corrected chi connectivity index (χ3v) is 4.43. The number of rotatable bonds is 2. The largest absolute Gasteiger partial charge is 0.307 e. The molecule has 1 saturated carbocycles. The Kier molecular flexibility index (Phi) is 3.19. The fourth-order valence-corrected chi connectivity index (χ4v) is 3.42. The highest BCUT2D eigenvalue weighted by Crippen LogP contribution is 2.33. The molecule has 17 heavy (non-hydrogen) atoms. The summed E-state index contributed by atoms with van der Waals surface area (Å²) < 4.78 is 0. The molecule has 0 aliphatic heterocycles. The van der Waals surface area contributed by atoms with Gasteiger partial charge in [-0.15, -0.1) is 0 Å². The van der Waals surface area contributed by atoms with Gasteiger partial charge < -0.3 is 5.32 Å². The fraction of sp³-hybridized carbons (Fsp3) is 0.625. The molecule has 0 heterocycles. The third-order valence-electron chi connectivity index (χ3n) is 4.43. The Morgan fingerprint density at radius 2 is 1.94 bits per heavy atom. The zero-order valence-electron chi connectivity index (χ0n) is 10.8. The molecule has 0 saturated heterocycles. The lowest BCUT2D eigenvalue weighted by Crippen LogP contribution is -2.42. The second-order valence-corrected chi connectivity index (χ2v) is 5.94. The van der Waals surface area contributed by atoms with Crippen LogP contribution in [0.2, 0.25) is 0 Å². The van der Waals surface area contributed by atoms with Crippen molar-refractivity contribution in [2.75, 3.05) is 0 Å². The molecule has 2 aliphatic carbocycles. The van der Waals surface area contributed by atoms with Crippen LogP contribution < -0.4 is 5.32 Å². The summed E-state index contributed by atoms with van der Waals surface area (Å²) in [5, 5.41) is 3.88. The maximum Gasteiger partial charge on any atom is 0.0325 e. The molecule has 1 N–H and O–H groups in total. The van der Waals surface area contributed by atoms with E-state index < -0.39 is 0 Å². The topological polar surface area (TPSA) is 12.0 Å². The molecule has 92 valence electrons. The van der Waals surface area contributed by atoms with Gasteiger partial charge in [0.05, 0.1) is 0 Å². The van der Waals surface area contributed by atoms with Crippen molar-refractivity contribution >= 4 is 0 Å². The second-order valence-electron chi connectivity index (χ2n) is 5.94. The average Bonchev–Trinajstić information content (AvgIpc) is 2.50. The van der Waals surface area contributed by atoms with E-state index in [-0.39, 0.29) is 0 Å². The van der Waals surface area contributed by atoms with Gasteiger partial charge >= 0.3 is 0 Å². The molecule has 1 aromatic rings. The van der Waals surface area contributed by atoms with Crippen LogP contribution in [-0.4, -0.2) is 6.04 Å². The predicted molar refractivity (Wildman–Crippen MR) is 72.1 cm³/mol. The van der Waals surface area contributed by atoms with E-state index in [0.29, 0.717) is 6.04 Å². The first-order valence-corrected chi connectivity index (χ1v) is 7.17. The summed E-state index contributed by atoms with van der Waals surface area (Å²) in [7, 11) is 0. The van der Waals surface area contributed by atoms with Gasteiger partial charge in [0.1, 0.15) is 0 Å². The summed E-state index contributed by atoms with van der Waals surface area (Å²) in [6, 6.07) is 10.4. The van der Waals surface area contributed by atoms with E-state index >= 15 is 0 Å². The molecule has 0 bridgehead atoms. The smallest absolute Gasteiger partial charge is 0.0325 e. The normalized spacial score (nSPS) is 32.4. The number of hydrogen-bond acceptors (Lipinski definition) is 1. The Balaban J connectivity index is 1.75. The van der Waals surface area contributed by atoms with Crippen molar-refractivity contribution in [3.63, 3.8) is 0 Å². The summed E-state index contributed by atoms with van der Waals surface area (Å²) in [5.74, 6) is 0.938. The highest BCUT2D eigenvalue weighted by Gasteiger charge is 2.28. The van der Waals surface area contributed by atoms with Gasteiger partial charge in [-0.2, -0.15) is 0 Å². The summed E-state index contributed by atoms with van der Waals surface area (Å²) in [6.07, 6.45) is 8.07. The number of hydrogen-bond donors (Lipinski definition) is 1. The van der Waals surface area contributed by atoms with Gasteiger partial charge in [-0.3, -0.25) is 0 Å². The second kappa shape index (κ2) is 4.81. The van der Waals surface area contributed by atoms with Crippen LogP contribution in [-0.2, 0) is 6.42 Å². The molecule has 1 fully saturated rings. The van der Waals surface area contributed by atoms with Crippen molar-refractivity contribution < 1.29 is 0 Å². The van der Waals surface area contributed by atoms with E-state index in [4.69, 9.17) is 0 Å². The SMILES string of the molecule is CC1CC(NC2CCCCc3ccccc32)C1. The van der Waals surface area contributed by atoms with Crippen LogP contribution in [0.15, 0.2) is 24.3 Å². The van der Waals surface area contributed by atoms with Crippen LogP contribution in [0.3, 0.4) is 0 Å². The van der Waals surface area contributed by atoms with E-state index in [1.807, 2.05) is 0 Å². The minimum atomic E-state index is 0.617. The zero-order chi connectivity index (χ0) is 11.7. The molecule has 1 atom stereocenters. The molecular formula is C16H23N. The Morgan fingerprint density at radius 1 is 1.12 bits per heavy atom. The van der Waals surface area contributed by atoms with Gasteiger partial charge in [0.25, 0.3) is 0 Å². The summed E-state index contributed by atoms with van der Waals surface area (Å²) in [5.41, 5.74) is 3.15. The van der Waals surface area contributed by atoms with Crippen molar-refractivity contribution in [2.45, 2.75) is 57.5 Å². The highest BCUT2D eigenvalue weighted by molar-refractivity contribution is 5.31. The Hall–Kier alpha value is -0.820. The number of aryl methyl sites for hydroxylation is 1. The molecule has 0 aromatic heterocycles. The van der Waals surface area contributed by atoms with Crippen molar-refractivity contribution in [3.8, 4) is 0 Å². The molecule has 1 nitrogen and oxygen atoms in total.